The maximum Gasteiger partial charge on any atom is 0.416 e. The number of halogens is 6. The first kappa shape index (κ1) is 29.7. The van der Waals surface area contributed by atoms with Crippen LogP contribution in [0.15, 0.2) is 42.5 Å². The second kappa shape index (κ2) is 11.0. The second-order valence-electron chi connectivity index (χ2n) is 8.73. The molecule has 216 valence electrons. The maximum atomic E-state index is 13.2. The van der Waals surface area contributed by atoms with Crippen LogP contribution in [0.5, 0.6) is 0 Å². The lowest BCUT2D eigenvalue weighted by molar-refractivity contribution is -0.384. The summed E-state index contributed by atoms with van der Waals surface area (Å²) in [5.41, 5.74) is 2.16. The van der Waals surface area contributed by atoms with Crippen molar-refractivity contribution in [2.45, 2.75) is 25.3 Å². The molecule has 2 amide bonds. The fourth-order valence-corrected chi connectivity index (χ4v) is 5.63. The number of nitro groups is 1. The molecule has 17 heteroatoms. The summed E-state index contributed by atoms with van der Waals surface area (Å²) in [4.78, 5) is 37.4. The fraction of sp³-hybridized carbons (Fsp3) is 0.208. The van der Waals surface area contributed by atoms with Gasteiger partial charge in [-0.3, -0.25) is 19.7 Å². The van der Waals surface area contributed by atoms with Crippen LogP contribution in [-0.4, -0.2) is 33.3 Å². The Morgan fingerprint density at radius 2 is 1.66 bits per heavy atom. The Labute approximate surface area is 236 Å². The topological polar surface area (TPSA) is 131 Å². The lowest BCUT2D eigenvalue weighted by Crippen LogP contribution is -2.38. The number of alkyl halides is 6. The summed E-state index contributed by atoms with van der Waals surface area (Å²) in [7, 11) is 0. The summed E-state index contributed by atoms with van der Waals surface area (Å²) in [6.45, 7) is 0.128. The summed E-state index contributed by atoms with van der Waals surface area (Å²) >= 11 is 6.23. The molecule has 2 heterocycles. The highest BCUT2D eigenvalue weighted by Crippen LogP contribution is 2.39. The van der Waals surface area contributed by atoms with E-state index in [2.05, 4.69) is 10.6 Å². The molecule has 0 atom stereocenters. The number of thiocarbonyl (C=S) groups is 1. The lowest BCUT2D eigenvalue weighted by atomic mass is 10.0. The van der Waals surface area contributed by atoms with Gasteiger partial charge < -0.3 is 21.3 Å². The van der Waals surface area contributed by atoms with E-state index in [1.54, 1.807) is 0 Å². The number of non-ortho nitro benzene ring substituents is 1. The van der Waals surface area contributed by atoms with E-state index < -0.39 is 45.9 Å². The predicted molar refractivity (Wildman–Crippen MR) is 141 cm³/mol. The standard InChI is InChI=1S/C24H17F6N5O4S2/c25-23(26,27)12-7-13(24(28,29)30)9-14(8-12)32-22(40)34-5-4-16-17(10-34)41-21(18(16)19(31)36)33-20(37)11-2-1-3-15(6-11)35(38)39/h1-3,6-9H,4-5,10H2,(H2,31,36)(H,32,40)(H,33,37). The summed E-state index contributed by atoms with van der Waals surface area (Å²) in [5, 5.41) is 15.9. The maximum absolute atomic E-state index is 13.2. The van der Waals surface area contributed by atoms with E-state index >= 15 is 0 Å². The zero-order chi connectivity index (χ0) is 30.3. The molecule has 0 spiro atoms. The van der Waals surface area contributed by atoms with Crippen LogP contribution < -0.4 is 16.4 Å². The quantitative estimate of drug-likeness (QED) is 0.143. The second-order valence-corrected chi connectivity index (χ2v) is 10.2. The van der Waals surface area contributed by atoms with Crippen molar-refractivity contribution in [2.24, 2.45) is 5.73 Å². The van der Waals surface area contributed by atoms with Gasteiger partial charge in [0.25, 0.3) is 17.5 Å². The average molecular weight is 618 g/mol. The van der Waals surface area contributed by atoms with E-state index in [0.29, 0.717) is 22.6 Å². The smallest absolute Gasteiger partial charge is 0.365 e. The Hall–Kier alpha value is -4.25. The van der Waals surface area contributed by atoms with E-state index in [0.717, 1.165) is 17.4 Å². The Balaban J connectivity index is 1.57. The Kier molecular flexibility index (Phi) is 7.95. The molecule has 4 N–H and O–H groups in total. The van der Waals surface area contributed by atoms with Gasteiger partial charge in [-0.1, -0.05) is 6.07 Å². The molecular formula is C24H17F6N5O4S2. The summed E-state index contributed by atoms with van der Waals surface area (Å²) < 4.78 is 79.3. The average Bonchev–Trinajstić information content (AvgIpc) is 3.24. The molecule has 3 aromatic rings. The number of anilines is 2. The minimum atomic E-state index is -5.03. The summed E-state index contributed by atoms with van der Waals surface area (Å²) in [5.74, 6) is -1.59. The number of nitro benzene ring substituents is 1. The van der Waals surface area contributed by atoms with Gasteiger partial charge in [0.15, 0.2) is 5.11 Å². The van der Waals surface area contributed by atoms with Crippen LogP contribution in [0.1, 0.15) is 42.3 Å². The third-order valence-corrected chi connectivity index (χ3v) is 7.47. The molecule has 2 aromatic carbocycles. The third kappa shape index (κ3) is 6.57. The van der Waals surface area contributed by atoms with Crippen molar-refractivity contribution in [2.75, 3.05) is 17.2 Å². The zero-order valence-electron chi connectivity index (χ0n) is 20.4. The van der Waals surface area contributed by atoms with Crippen molar-refractivity contribution in [1.29, 1.82) is 0 Å². The molecule has 0 bridgehead atoms. The van der Waals surface area contributed by atoms with Gasteiger partial charge in [0.1, 0.15) is 5.00 Å². The normalized spacial score (nSPS) is 13.4. The van der Waals surface area contributed by atoms with Crippen LogP contribution >= 0.6 is 23.6 Å². The molecule has 0 aliphatic carbocycles. The number of thiophene rings is 1. The number of nitrogens with zero attached hydrogens (tertiary/aromatic N) is 2. The molecule has 1 aliphatic heterocycles. The highest BCUT2D eigenvalue weighted by atomic mass is 32.1. The van der Waals surface area contributed by atoms with Gasteiger partial charge in [-0.15, -0.1) is 11.3 Å². The van der Waals surface area contributed by atoms with E-state index in [1.807, 2.05) is 0 Å². The number of benzene rings is 2. The van der Waals surface area contributed by atoms with Crippen molar-refractivity contribution in [3.8, 4) is 0 Å². The highest BCUT2D eigenvalue weighted by molar-refractivity contribution is 7.80. The first-order valence-corrected chi connectivity index (χ1v) is 12.6. The fourth-order valence-electron chi connectivity index (χ4n) is 4.09. The molecule has 1 aliphatic rings. The molecule has 0 fully saturated rings. The number of fused-ring (bicyclic) bond motifs is 1. The molecule has 41 heavy (non-hydrogen) atoms. The van der Waals surface area contributed by atoms with E-state index in [9.17, 15) is 46.0 Å². The van der Waals surface area contributed by atoms with Gasteiger partial charge >= 0.3 is 12.4 Å². The van der Waals surface area contributed by atoms with E-state index in [1.165, 1.54) is 23.1 Å². The number of amides is 2. The zero-order valence-corrected chi connectivity index (χ0v) is 22.0. The van der Waals surface area contributed by atoms with Gasteiger partial charge in [0, 0.05) is 34.8 Å². The largest absolute Gasteiger partial charge is 0.416 e. The van der Waals surface area contributed by atoms with Gasteiger partial charge in [-0.2, -0.15) is 26.3 Å². The summed E-state index contributed by atoms with van der Waals surface area (Å²) in [6.07, 6.45) is -9.91. The number of carbonyl (C=O) groups is 2. The van der Waals surface area contributed by atoms with Crippen molar-refractivity contribution >= 4 is 56.9 Å². The lowest BCUT2D eigenvalue weighted by Gasteiger charge is -2.30. The Bertz CT molecular complexity index is 1540. The summed E-state index contributed by atoms with van der Waals surface area (Å²) in [6, 6.07) is 5.92. The van der Waals surface area contributed by atoms with Crippen LogP contribution in [-0.2, 0) is 25.3 Å². The molecular weight excluding hydrogens is 600 g/mol. The molecule has 0 saturated carbocycles. The number of nitrogens with two attached hydrogens (primary N) is 1. The van der Waals surface area contributed by atoms with Crippen LogP contribution in [0.25, 0.3) is 0 Å². The van der Waals surface area contributed by atoms with E-state index in [4.69, 9.17) is 18.0 Å². The molecule has 0 radical (unpaired) electrons. The first-order valence-electron chi connectivity index (χ1n) is 11.4. The van der Waals surface area contributed by atoms with E-state index in [-0.39, 0.29) is 52.5 Å². The third-order valence-electron chi connectivity index (χ3n) is 5.98. The molecule has 0 unspecified atom stereocenters. The molecule has 4 rings (SSSR count). The minimum Gasteiger partial charge on any atom is -0.365 e. The number of rotatable bonds is 5. The van der Waals surface area contributed by atoms with Crippen LogP contribution in [0.4, 0.5) is 42.7 Å². The Morgan fingerprint density at radius 3 is 2.22 bits per heavy atom. The van der Waals surface area contributed by atoms with Crippen LogP contribution in [0, 0.1) is 10.1 Å². The monoisotopic (exact) mass is 617 g/mol. The SMILES string of the molecule is NC(=O)c1c(NC(=O)c2cccc([N+](=O)[O-])c2)sc2c1CCN(C(=S)Nc1cc(C(F)(F)F)cc(C(F)(F)F)c1)C2. The van der Waals surface area contributed by atoms with Gasteiger partial charge in [0.05, 0.1) is 28.2 Å². The molecule has 0 saturated heterocycles. The van der Waals surface area contributed by atoms with Crippen LogP contribution in [0.2, 0.25) is 0 Å². The van der Waals surface area contributed by atoms with Gasteiger partial charge in [-0.05, 0) is 48.5 Å². The first-order chi connectivity index (χ1) is 19.0. The van der Waals surface area contributed by atoms with Crippen molar-refractivity contribution < 1.29 is 40.9 Å². The molecule has 1 aromatic heterocycles. The number of carbonyl (C=O) groups excluding carboxylic acids is 2. The number of nitrogens with one attached hydrogen (secondary N) is 2. The van der Waals surface area contributed by atoms with Crippen molar-refractivity contribution in [3.05, 3.63) is 85.3 Å². The predicted octanol–water partition coefficient (Wildman–Crippen LogP) is 5.80. The highest BCUT2D eigenvalue weighted by Gasteiger charge is 2.37. The number of hydrogen-bond acceptors (Lipinski definition) is 6. The molecule has 9 nitrogen and oxygen atoms in total. The number of hydrogen-bond donors (Lipinski definition) is 3. The minimum absolute atomic E-state index is 0.00186. The van der Waals surface area contributed by atoms with Crippen molar-refractivity contribution in [1.82, 2.24) is 4.90 Å². The van der Waals surface area contributed by atoms with Gasteiger partial charge in [0.2, 0.25) is 0 Å². The van der Waals surface area contributed by atoms with Crippen molar-refractivity contribution in [3.63, 3.8) is 0 Å². The van der Waals surface area contributed by atoms with Gasteiger partial charge in [-0.25, -0.2) is 0 Å². The number of primary amides is 1. The van der Waals surface area contributed by atoms with Crippen LogP contribution in [0.3, 0.4) is 0 Å². The Morgan fingerprint density at radius 1 is 1.02 bits per heavy atom.